The maximum atomic E-state index is 5.43. The molecule has 0 saturated heterocycles. The summed E-state index contributed by atoms with van der Waals surface area (Å²) in [5, 5.41) is 3.88. The first-order chi connectivity index (χ1) is 17.8. The Balaban J connectivity index is 0.000000335. The summed E-state index contributed by atoms with van der Waals surface area (Å²) < 4.78 is 5.43. The van der Waals surface area contributed by atoms with Crippen molar-refractivity contribution in [2.24, 2.45) is 16.6 Å². The van der Waals surface area contributed by atoms with Gasteiger partial charge in [-0.15, -0.1) is 0 Å². The molecule has 0 aromatic heterocycles. The molecule has 0 amide bonds. The summed E-state index contributed by atoms with van der Waals surface area (Å²) in [6.07, 6.45) is 12.0. The molecule has 0 bridgehead atoms. The summed E-state index contributed by atoms with van der Waals surface area (Å²) in [7, 11) is -2.09. The van der Waals surface area contributed by atoms with E-state index in [0.29, 0.717) is 11.8 Å². The molecule has 0 saturated carbocycles. The minimum atomic E-state index is -2.09. The van der Waals surface area contributed by atoms with E-state index in [1.165, 1.54) is 27.1 Å². The van der Waals surface area contributed by atoms with Crippen LogP contribution in [0, 0.1) is 11.8 Å². The Labute approximate surface area is 246 Å². The third-order valence-corrected chi connectivity index (χ3v) is 9.90. The molecule has 3 aromatic carbocycles. The Morgan fingerprint density at radius 3 is 1.32 bits per heavy atom. The molecule has 0 spiro atoms. The van der Waals surface area contributed by atoms with Crippen molar-refractivity contribution in [3.8, 4) is 0 Å². The van der Waals surface area contributed by atoms with Gasteiger partial charge in [0.05, 0.1) is 7.05 Å². The topological polar surface area (TPSA) is 12.4 Å². The predicted molar refractivity (Wildman–Crippen MR) is 167 cm³/mol. The molecule has 1 aliphatic carbocycles. The SMILES string of the molecule is C1=CCC(N=P(c2ccccc2)(c2ccccc2)c2ccccc2)=C1.CC(=CC(C)C)C(C)=CC(C)C.[Ti]. The average Bonchev–Trinajstić information content (AvgIpc) is 3.41. The van der Waals surface area contributed by atoms with Gasteiger partial charge in [-0.3, -0.25) is 4.74 Å². The van der Waals surface area contributed by atoms with Gasteiger partial charge in [-0.1, -0.05) is 154 Å². The summed E-state index contributed by atoms with van der Waals surface area (Å²) in [4.78, 5) is 0. The van der Waals surface area contributed by atoms with E-state index in [-0.39, 0.29) is 21.7 Å². The fraction of sp³-hybridized carbons (Fsp3) is 0.257. The first-order valence-electron chi connectivity index (χ1n) is 13.3. The van der Waals surface area contributed by atoms with E-state index in [4.69, 9.17) is 4.74 Å². The summed E-state index contributed by atoms with van der Waals surface area (Å²) in [6, 6.07) is 32.3. The summed E-state index contributed by atoms with van der Waals surface area (Å²) in [6.45, 7) is 13.2. The van der Waals surface area contributed by atoms with Gasteiger partial charge in [-0.25, -0.2) is 0 Å². The van der Waals surface area contributed by atoms with Crippen LogP contribution in [0.25, 0.3) is 0 Å². The van der Waals surface area contributed by atoms with Gasteiger partial charge in [0.1, 0.15) is 0 Å². The van der Waals surface area contributed by atoms with Crippen molar-refractivity contribution < 1.29 is 21.7 Å². The minimum absolute atomic E-state index is 0. The number of hydrogen-bond donors (Lipinski definition) is 0. The second-order valence-electron chi connectivity index (χ2n) is 10.2. The van der Waals surface area contributed by atoms with Gasteiger partial charge in [0, 0.05) is 49.7 Å². The number of allylic oxidation sites excluding steroid dienone is 7. The van der Waals surface area contributed by atoms with Gasteiger partial charge in [0.25, 0.3) is 0 Å². The van der Waals surface area contributed by atoms with Crippen molar-refractivity contribution >= 4 is 23.0 Å². The van der Waals surface area contributed by atoms with Crippen LogP contribution in [0.3, 0.4) is 0 Å². The molecule has 0 radical (unpaired) electrons. The summed E-state index contributed by atoms with van der Waals surface area (Å²) in [5.74, 6) is 1.31. The van der Waals surface area contributed by atoms with Crippen molar-refractivity contribution in [3.63, 3.8) is 0 Å². The molecule has 0 fully saturated rings. The van der Waals surface area contributed by atoms with E-state index < -0.39 is 7.05 Å². The maximum Gasteiger partial charge on any atom is 0.0608 e. The van der Waals surface area contributed by atoms with Crippen molar-refractivity contribution in [2.75, 3.05) is 0 Å². The molecule has 3 heteroatoms. The second kappa shape index (κ2) is 15.9. The summed E-state index contributed by atoms with van der Waals surface area (Å²) >= 11 is 0. The third kappa shape index (κ3) is 8.81. The second-order valence-corrected chi connectivity index (χ2v) is 13.2. The van der Waals surface area contributed by atoms with E-state index in [9.17, 15) is 0 Å². The van der Waals surface area contributed by atoms with Crippen LogP contribution in [0.1, 0.15) is 48.0 Å². The zero-order chi connectivity index (χ0) is 26.7. The molecular weight excluding hydrogens is 513 g/mol. The molecule has 0 aliphatic heterocycles. The Hall–Kier alpha value is -2.44. The molecular formula is C35H42NPTi. The van der Waals surface area contributed by atoms with Crippen LogP contribution in [-0.4, -0.2) is 0 Å². The van der Waals surface area contributed by atoms with Crippen LogP contribution < -0.4 is 15.9 Å². The van der Waals surface area contributed by atoms with Crippen LogP contribution in [-0.2, 0) is 21.7 Å². The number of hydrogen-bond acceptors (Lipinski definition) is 1. The first kappa shape index (κ1) is 31.8. The predicted octanol–water partition coefficient (Wildman–Crippen LogP) is 9.20. The Morgan fingerprint density at radius 1 is 0.658 bits per heavy atom. The normalized spacial score (nSPS) is 13.5. The smallest absolute Gasteiger partial charge is 0.0608 e. The zero-order valence-corrected chi connectivity index (χ0v) is 26.3. The zero-order valence-electron chi connectivity index (χ0n) is 23.8. The molecule has 3 aromatic rings. The first-order valence-corrected chi connectivity index (χ1v) is 15.1. The van der Waals surface area contributed by atoms with Gasteiger partial charge < -0.3 is 0 Å². The molecule has 1 aliphatic rings. The number of rotatable bonds is 7. The van der Waals surface area contributed by atoms with Crippen molar-refractivity contribution in [3.05, 3.63) is 138 Å². The largest absolute Gasteiger partial charge is 0.258 e. The average molecular weight is 556 g/mol. The van der Waals surface area contributed by atoms with E-state index in [2.05, 4.69) is 163 Å². The van der Waals surface area contributed by atoms with Crippen molar-refractivity contribution in [2.45, 2.75) is 48.0 Å². The molecule has 0 N–H and O–H groups in total. The van der Waals surface area contributed by atoms with Crippen molar-refractivity contribution in [1.29, 1.82) is 0 Å². The van der Waals surface area contributed by atoms with Gasteiger partial charge >= 0.3 is 0 Å². The van der Waals surface area contributed by atoms with Crippen LogP contribution in [0.5, 0.6) is 0 Å². The van der Waals surface area contributed by atoms with Crippen LogP contribution in [0.15, 0.2) is 143 Å². The number of benzene rings is 3. The van der Waals surface area contributed by atoms with E-state index in [0.717, 1.165) is 12.1 Å². The monoisotopic (exact) mass is 555 g/mol. The molecule has 0 atom stereocenters. The molecule has 0 heterocycles. The van der Waals surface area contributed by atoms with E-state index in [1.807, 2.05) is 0 Å². The van der Waals surface area contributed by atoms with Gasteiger partial charge in [0.2, 0.25) is 0 Å². The molecule has 196 valence electrons. The molecule has 1 nitrogen and oxygen atoms in total. The molecule has 0 unspecified atom stereocenters. The van der Waals surface area contributed by atoms with E-state index in [1.54, 1.807) is 0 Å². The molecule has 38 heavy (non-hydrogen) atoms. The van der Waals surface area contributed by atoms with Crippen molar-refractivity contribution in [1.82, 2.24) is 0 Å². The van der Waals surface area contributed by atoms with Gasteiger partial charge in [0.15, 0.2) is 0 Å². The van der Waals surface area contributed by atoms with Crippen LogP contribution >= 0.6 is 7.05 Å². The summed E-state index contributed by atoms with van der Waals surface area (Å²) in [5.41, 5.74) is 3.99. The van der Waals surface area contributed by atoms with Crippen LogP contribution in [0.4, 0.5) is 0 Å². The molecule has 4 rings (SSSR count). The van der Waals surface area contributed by atoms with Crippen LogP contribution in [0.2, 0.25) is 0 Å². The Morgan fingerprint density at radius 2 is 1.03 bits per heavy atom. The maximum absolute atomic E-state index is 5.43. The third-order valence-electron chi connectivity index (χ3n) is 6.21. The Bertz CT molecular complexity index is 1170. The standard InChI is InChI=1S/C23H20NP.C12H22.Ti/c1-4-14-21(15-5-1)25(22-16-6-2-7-17-22,23-18-8-3-9-19-23)24-20-12-10-11-13-20;1-9(2)7-11(5)12(6)8-10(3)4;/h1-12,14-19H,13H2;7-10H,1-6H3;. The fourth-order valence-corrected chi connectivity index (χ4v) is 8.10. The number of nitrogens with zero attached hydrogens (tertiary/aromatic N) is 1. The van der Waals surface area contributed by atoms with Gasteiger partial charge in [-0.2, -0.15) is 0 Å². The van der Waals surface area contributed by atoms with E-state index >= 15 is 0 Å². The fourth-order valence-electron chi connectivity index (χ4n) is 4.52. The quantitative estimate of drug-likeness (QED) is 0.157. The minimum Gasteiger partial charge on any atom is -0.258 e. The Kier molecular flexibility index (Phi) is 13.3. The van der Waals surface area contributed by atoms with Gasteiger partial charge in [-0.05, 0) is 31.8 Å².